The van der Waals surface area contributed by atoms with Gasteiger partial charge in [-0.2, -0.15) is 0 Å². The van der Waals surface area contributed by atoms with E-state index in [2.05, 4.69) is 43.3 Å². The Bertz CT molecular complexity index is 647. The number of hydrogen-bond acceptors (Lipinski definition) is 4. The highest BCUT2D eigenvalue weighted by molar-refractivity contribution is 5.40. The van der Waals surface area contributed by atoms with Crippen LogP contribution in [0.3, 0.4) is 0 Å². The van der Waals surface area contributed by atoms with Gasteiger partial charge >= 0.3 is 0 Å². The van der Waals surface area contributed by atoms with Crippen molar-refractivity contribution in [3.05, 3.63) is 59.7 Å². The SMILES string of the molecule is CCC(c1cccc(OCC2CO2)c1)c1cccc(OCC2CO2)c1. The lowest BCUT2D eigenvalue weighted by atomic mass is 9.89. The van der Waals surface area contributed by atoms with Crippen molar-refractivity contribution in [2.45, 2.75) is 31.5 Å². The van der Waals surface area contributed by atoms with Gasteiger partial charge in [-0.25, -0.2) is 0 Å². The van der Waals surface area contributed by atoms with Crippen LogP contribution in [0.15, 0.2) is 48.5 Å². The van der Waals surface area contributed by atoms with Gasteiger partial charge < -0.3 is 18.9 Å². The third-order valence-corrected chi connectivity index (χ3v) is 4.61. The number of rotatable bonds is 9. The second-order valence-electron chi connectivity index (χ2n) is 6.64. The third kappa shape index (κ3) is 4.53. The number of epoxide rings is 2. The first-order valence-corrected chi connectivity index (χ1v) is 9.00. The van der Waals surface area contributed by atoms with Gasteiger partial charge in [-0.15, -0.1) is 0 Å². The molecule has 2 saturated heterocycles. The summed E-state index contributed by atoms with van der Waals surface area (Å²) in [7, 11) is 0. The molecule has 132 valence electrons. The van der Waals surface area contributed by atoms with Gasteiger partial charge in [-0.3, -0.25) is 0 Å². The average molecular weight is 340 g/mol. The lowest BCUT2D eigenvalue weighted by Crippen LogP contribution is -2.06. The standard InChI is InChI=1S/C21H24O4/c1-2-21(15-5-3-7-17(9-15)22-11-19-13-24-19)16-6-4-8-18(10-16)23-12-20-14-25-20/h3-10,19-21H,2,11-14H2,1H3. The zero-order chi connectivity index (χ0) is 17.1. The molecule has 2 heterocycles. The van der Waals surface area contributed by atoms with Gasteiger partial charge in [0, 0.05) is 5.92 Å². The molecule has 2 fully saturated rings. The van der Waals surface area contributed by atoms with Crippen molar-refractivity contribution in [3.8, 4) is 11.5 Å². The molecule has 2 aliphatic rings. The van der Waals surface area contributed by atoms with Crippen LogP contribution in [-0.2, 0) is 9.47 Å². The summed E-state index contributed by atoms with van der Waals surface area (Å²) in [6, 6.07) is 16.8. The first kappa shape index (κ1) is 16.4. The molecule has 2 aromatic rings. The fourth-order valence-electron chi connectivity index (χ4n) is 3.01. The van der Waals surface area contributed by atoms with Crippen LogP contribution in [0, 0.1) is 0 Å². The van der Waals surface area contributed by atoms with Crippen molar-refractivity contribution in [2.24, 2.45) is 0 Å². The summed E-state index contributed by atoms with van der Waals surface area (Å²) in [6.07, 6.45) is 1.56. The van der Waals surface area contributed by atoms with Gasteiger partial charge in [0.25, 0.3) is 0 Å². The van der Waals surface area contributed by atoms with E-state index in [0.717, 1.165) is 31.1 Å². The molecule has 0 aromatic heterocycles. The van der Waals surface area contributed by atoms with Crippen LogP contribution in [0.2, 0.25) is 0 Å². The molecular formula is C21H24O4. The quantitative estimate of drug-likeness (QED) is 0.652. The van der Waals surface area contributed by atoms with Crippen LogP contribution in [0.5, 0.6) is 11.5 Å². The smallest absolute Gasteiger partial charge is 0.119 e. The summed E-state index contributed by atoms with van der Waals surface area (Å²) in [4.78, 5) is 0. The molecule has 25 heavy (non-hydrogen) atoms. The monoisotopic (exact) mass is 340 g/mol. The van der Waals surface area contributed by atoms with E-state index in [1.807, 2.05) is 12.1 Å². The maximum Gasteiger partial charge on any atom is 0.119 e. The Morgan fingerprint density at radius 2 is 1.36 bits per heavy atom. The molecule has 0 N–H and O–H groups in total. The molecule has 2 atom stereocenters. The molecule has 0 bridgehead atoms. The summed E-state index contributed by atoms with van der Waals surface area (Å²) in [6.45, 7) is 5.10. The van der Waals surface area contributed by atoms with Gasteiger partial charge in [-0.1, -0.05) is 31.2 Å². The topological polar surface area (TPSA) is 43.5 Å². The highest BCUT2D eigenvalue weighted by atomic mass is 16.6. The van der Waals surface area contributed by atoms with E-state index < -0.39 is 0 Å². The summed E-state index contributed by atoms with van der Waals surface area (Å²) in [5.74, 6) is 2.14. The minimum atomic E-state index is 0.273. The molecule has 2 aromatic carbocycles. The average Bonchev–Trinajstić information content (AvgIpc) is 3.55. The van der Waals surface area contributed by atoms with E-state index in [1.54, 1.807) is 0 Å². The van der Waals surface area contributed by atoms with Gasteiger partial charge in [-0.05, 0) is 41.8 Å². The number of benzene rings is 2. The van der Waals surface area contributed by atoms with Crippen molar-refractivity contribution in [3.63, 3.8) is 0 Å². The van der Waals surface area contributed by atoms with Crippen molar-refractivity contribution in [1.29, 1.82) is 0 Å². The largest absolute Gasteiger partial charge is 0.491 e. The van der Waals surface area contributed by atoms with Crippen LogP contribution in [-0.4, -0.2) is 38.6 Å². The third-order valence-electron chi connectivity index (χ3n) is 4.61. The summed E-state index contributed by atoms with van der Waals surface area (Å²) in [5.41, 5.74) is 2.53. The lowest BCUT2D eigenvalue weighted by molar-refractivity contribution is 0.262. The number of hydrogen-bond donors (Lipinski definition) is 0. The predicted octanol–water partition coefficient (Wildman–Crippen LogP) is 3.78. The summed E-state index contributed by atoms with van der Waals surface area (Å²) in [5, 5.41) is 0. The Kier molecular flexibility index (Phi) is 4.90. The van der Waals surface area contributed by atoms with E-state index in [-0.39, 0.29) is 12.2 Å². The molecule has 2 unspecified atom stereocenters. The molecule has 4 nitrogen and oxygen atoms in total. The summed E-state index contributed by atoms with van der Waals surface area (Å²) < 4.78 is 22.1. The van der Waals surface area contributed by atoms with Crippen molar-refractivity contribution >= 4 is 0 Å². The zero-order valence-electron chi connectivity index (χ0n) is 14.5. The lowest BCUT2D eigenvalue weighted by Gasteiger charge is -2.18. The Labute approximate surface area is 148 Å². The summed E-state index contributed by atoms with van der Waals surface area (Å²) >= 11 is 0. The molecule has 0 saturated carbocycles. The number of ether oxygens (including phenoxy) is 4. The minimum absolute atomic E-state index is 0.273. The second kappa shape index (κ2) is 7.46. The molecule has 0 amide bonds. The normalized spacial score (nSPS) is 22.3. The second-order valence-corrected chi connectivity index (χ2v) is 6.64. The van der Waals surface area contributed by atoms with Gasteiger partial charge in [0.1, 0.15) is 36.9 Å². The molecule has 2 aliphatic heterocycles. The molecular weight excluding hydrogens is 316 g/mol. The maximum absolute atomic E-state index is 5.83. The Hall–Kier alpha value is -2.04. The van der Waals surface area contributed by atoms with Gasteiger partial charge in [0.15, 0.2) is 0 Å². The van der Waals surface area contributed by atoms with Crippen LogP contribution in [0.1, 0.15) is 30.4 Å². The Balaban J connectivity index is 1.48. The molecule has 0 spiro atoms. The van der Waals surface area contributed by atoms with Crippen molar-refractivity contribution < 1.29 is 18.9 Å². The first-order chi connectivity index (χ1) is 12.3. The Morgan fingerprint density at radius 3 is 1.76 bits per heavy atom. The Morgan fingerprint density at radius 1 is 0.880 bits per heavy atom. The fourth-order valence-corrected chi connectivity index (χ4v) is 3.01. The molecule has 0 aliphatic carbocycles. The zero-order valence-corrected chi connectivity index (χ0v) is 14.5. The first-order valence-electron chi connectivity index (χ1n) is 9.00. The molecule has 0 radical (unpaired) electrons. The van der Waals surface area contributed by atoms with Gasteiger partial charge in [0.05, 0.1) is 13.2 Å². The molecule has 4 heteroatoms. The van der Waals surface area contributed by atoms with E-state index in [9.17, 15) is 0 Å². The van der Waals surface area contributed by atoms with Crippen LogP contribution < -0.4 is 9.47 Å². The predicted molar refractivity (Wildman–Crippen MR) is 95.5 cm³/mol. The van der Waals surface area contributed by atoms with Crippen molar-refractivity contribution in [2.75, 3.05) is 26.4 Å². The van der Waals surface area contributed by atoms with Crippen LogP contribution in [0.25, 0.3) is 0 Å². The minimum Gasteiger partial charge on any atom is -0.491 e. The highest BCUT2D eigenvalue weighted by Gasteiger charge is 2.24. The maximum atomic E-state index is 5.83. The fraction of sp³-hybridized carbons (Fsp3) is 0.429. The van der Waals surface area contributed by atoms with Crippen molar-refractivity contribution in [1.82, 2.24) is 0 Å². The molecule has 4 rings (SSSR count). The van der Waals surface area contributed by atoms with E-state index >= 15 is 0 Å². The van der Waals surface area contributed by atoms with E-state index in [1.165, 1.54) is 11.1 Å². The van der Waals surface area contributed by atoms with Crippen LogP contribution >= 0.6 is 0 Å². The van der Waals surface area contributed by atoms with Crippen LogP contribution in [0.4, 0.5) is 0 Å². The van der Waals surface area contributed by atoms with Gasteiger partial charge in [0.2, 0.25) is 0 Å². The van der Waals surface area contributed by atoms with E-state index in [4.69, 9.17) is 18.9 Å². The highest BCUT2D eigenvalue weighted by Crippen LogP contribution is 2.32. The van der Waals surface area contributed by atoms with E-state index in [0.29, 0.717) is 19.1 Å².